The summed E-state index contributed by atoms with van der Waals surface area (Å²) in [7, 11) is 0. The number of nitrogens with one attached hydrogen (secondary N) is 1. The van der Waals surface area contributed by atoms with Crippen molar-refractivity contribution < 1.29 is 19.1 Å². The molecule has 6 nitrogen and oxygen atoms in total. The monoisotopic (exact) mass is 290 g/mol. The van der Waals surface area contributed by atoms with E-state index in [0.717, 1.165) is 16.0 Å². The first kappa shape index (κ1) is 15.0. The SMILES string of the molecule is Cc1cc(C)cc(C(=O)OC(C)C(=O)N2CCNC2=O)c1. The third-order valence-electron chi connectivity index (χ3n) is 3.21. The van der Waals surface area contributed by atoms with E-state index in [9.17, 15) is 14.4 Å². The first-order valence-corrected chi connectivity index (χ1v) is 6.77. The lowest BCUT2D eigenvalue weighted by Crippen LogP contribution is -2.41. The van der Waals surface area contributed by atoms with Crippen molar-refractivity contribution in [3.05, 3.63) is 34.9 Å². The summed E-state index contributed by atoms with van der Waals surface area (Å²) in [5, 5.41) is 2.53. The Morgan fingerprint density at radius 3 is 2.38 bits per heavy atom. The van der Waals surface area contributed by atoms with Crippen molar-refractivity contribution in [1.29, 1.82) is 0 Å². The Kier molecular flexibility index (Phi) is 4.26. The number of amides is 3. The second kappa shape index (κ2) is 5.95. The highest BCUT2D eigenvalue weighted by atomic mass is 16.5. The quantitative estimate of drug-likeness (QED) is 0.854. The number of benzene rings is 1. The van der Waals surface area contributed by atoms with Gasteiger partial charge in [-0.05, 0) is 32.9 Å². The highest BCUT2D eigenvalue weighted by Gasteiger charge is 2.31. The van der Waals surface area contributed by atoms with E-state index in [1.807, 2.05) is 19.9 Å². The number of carbonyl (C=O) groups is 3. The van der Waals surface area contributed by atoms with Crippen molar-refractivity contribution in [2.24, 2.45) is 0 Å². The van der Waals surface area contributed by atoms with Gasteiger partial charge in [0.15, 0.2) is 6.10 Å². The molecule has 112 valence electrons. The lowest BCUT2D eigenvalue weighted by Gasteiger charge is -2.18. The van der Waals surface area contributed by atoms with Crippen LogP contribution in [0, 0.1) is 13.8 Å². The number of hydrogen-bond acceptors (Lipinski definition) is 4. The van der Waals surface area contributed by atoms with E-state index in [-0.39, 0.29) is 0 Å². The van der Waals surface area contributed by atoms with Gasteiger partial charge in [0.1, 0.15) is 0 Å². The van der Waals surface area contributed by atoms with Crippen LogP contribution in [0.2, 0.25) is 0 Å². The lowest BCUT2D eigenvalue weighted by molar-refractivity contribution is -0.136. The van der Waals surface area contributed by atoms with Crippen LogP contribution >= 0.6 is 0 Å². The highest BCUT2D eigenvalue weighted by Crippen LogP contribution is 2.12. The van der Waals surface area contributed by atoms with Crippen molar-refractivity contribution >= 4 is 17.9 Å². The zero-order valence-corrected chi connectivity index (χ0v) is 12.3. The average molecular weight is 290 g/mol. The maximum Gasteiger partial charge on any atom is 0.338 e. The maximum atomic E-state index is 12.1. The number of urea groups is 1. The van der Waals surface area contributed by atoms with Crippen LogP contribution in [-0.4, -0.2) is 42.0 Å². The van der Waals surface area contributed by atoms with Gasteiger partial charge in [0.2, 0.25) is 0 Å². The summed E-state index contributed by atoms with van der Waals surface area (Å²) >= 11 is 0. The van der Waals surface area contributed by atoms with Gasteiger partial charge in [0.05, 0.1) is 5.56 Å². The second-order valence-electron chi connectivity index (χ2n) is 5.15. The Bertz CT molecular complexity index is 577. The van der Waals surface area contributed by atoms with E-state index in [1.165, 1.54) is 6.92 Å². The molecule has 1 aliphatic rings. The van der Waals surface area contributed by atoms with Crippen molar-refractivity contribution in [1.82, 2.24) is 10.2 Å². The van der Waals surface area contributed by atoms with E-state index >= 15 is 0 Å². The Balaban J connectivity index is 2.04. The van der Waals surface area contributed by atoms with Crippen LogP contribution in [0.4, 0.5) is 4.79 Å². The summed E-state index contributed by atoms with van der Waals surface area (Å²) in [4.78, 5) is 36.6. The zero-order chi connectivity index (χ0) is 15.6. The number of ether oxygens (including phenoxy) is 1. The van der Waals surface area contributed by atoms with Crippen LogP contribution < -0.4 is 5.32 Å². The summed E-state index contributed by atoms with van der Waals surface area (Å²) in [5.74, 6) is -1.08. The van der Waals surface area contributed by atoms with Gasteiger partial charge in [-0.15, -0.1) is 0 Å². The van der Waals surface area contributed by atoms with Crippen LogP contribution in [0.25, 0.3) is 0 Å². The van der Waals surface area contributed by atoms with Gasteiger partial charge in [0, 0.05) is 13.1 Å². The number of esters is 1. The molecule has 1 aliphatic heterocycles. The van der Waals surface area contributed by atoms with E-state index in [2.05, 4.69) is 5.32 Å². The summed E-state index contributed by atoms with van der Waals surface area (Å²) in [6, 6.07) is 4.90. The average Bonchev–Trinajstić information content (AvgIpc) is 2.82. The van der Waals surface area contributed by atoms with Gasteiger partial charge in [-0.2, -0.15) is 0 Å². The first-order valence-electron chi connectivity index (χ1n) is 6.77. The molecule has 3 amide bonds. The Hall–Kier alpha value is -2.37. The predicted octanol–water partition coefficient (Wildman–Crippen LogP) is 1.40. The van der Waals surface area contributed by atoms with Crippen LogP contribution in [0.1, 0.15) is 28.4 Å². The summed E-state index contributed by atoms with van der Waals surface area (Å²) in [6.45, 7) is 5.94. The molecule has 21 heavy (non-hydrogen) atoms. The molecule has 1 heterocycles. The second-order valence-corrected chi connectivity index (χ2v) is 5.15. The molecule has 0 spiro atoms. The van der Waals surface area contributed by atoms with Gasteiger partial charge >= 0.3 is 12.0 Å². The highest BCUT2D eigenvalue weighted by molar-refractivity contribution is 5.99. The fourth-order valence-electron chi connectivity index (χ4n) is 2.27. The first-order chi connectivity index (χ1) is 9.88. The third-order valence-corrected chi connectivity index (χ3v) is 3.21. The van der Waals surface area contributed by atoms with Crippen molar-refractivity contribution in [3.8, 4) is 0 Å². The van der Waals surface area contributed by atoms with E-state index in [4.69, 9.17) is 4.74 Å². The Labute approximate surface area is 123 Å². The number of hydrogen-bond donors (Lipinski definition) is 1. The molecular formula is C15H18N2O4. The van der Waals surface area contributed by atoms with E-state index in [0.29, 0.717) is 18.7 Å². The van der Waals surface area contributed by atoms with Crippen molar-refractivity contribution in [3.63, 3.8) is 0 Å². The summed E-state index contributed by atoms with van der Waals surface area (Å²) < 4.78 is 5.16. The van der Waals surface area contributed by atoms with Crippen LogP contribution in [0.15, 0.2) is 18.2 Å². The number of nitrogens with zero attached hydrogens (tertiary/aromatic N) is 1. The van der Waals surface area contributed by atoms with Crippen LogP contribution in [0.3, 0.4) is 0 Å². The number of imide groups is 1. The van der Waals surface area contributed by atoms with Crippen LogP contribution in [0.5, 0.6) is 0 Å². The standard InChI is InChI=1S/C15H18N2O4/c1-9-6-10(2)8-12(7-9)14(19)21-11(3)13(18)17-5-4-16-15(17)20/h6-8,11H,4-5H2,1-3H3,(H,16,20). The summed E-state index contributed by atoms with van der Waals surface area (Å²) in [5.41, 5.74) is 2.29. The van der Waals surface area contributed by atoms with Gasteiger partial charge in [-0.25, -0.2) is 9.59 Å². The minimum atomic E-state index is -0.998. The fraction of sp³-hybridized carbons (Fsp3) is 0.400. The van der Waals surface area contributed by atoms with Gasteiger partial charge < -0.3 is 10.1 Å². The summed E-state index contributed by atoms with van der Waals surface area (Å²) in [6.07, 6.45) is -0.998. The lowest BCUT2D eigenvalue weighted by atomic mass is 10.1. The molecule has 0 saturated carbocycles. The predicted molar refractivity (Wildman–Crippen MR) is 75.9 cm³/mol. The molecule has 1 unspecified atom stereocenters. The number of rotatable bonds is 3. The fourth-order valence-corrected chi connectivity index (χ4v) is 2.27. The Morgan fingerprint density at radius 1 is 1.24 bits per heavy atom. The zero-order valence-electron chi connectivity index (χ0n) is 12.3. The molecule has 1 N–H and O–H groups in total. The molecular weight excluding hydrogens is 272 g/mol. The minimum absolute atomic E-state index is 0.295. The van der Waals surface area contributed by atoms with Gasteiger partial charge in [-0.3, -0.25) is 9.69 Å². The minimum Gasteiger partial charge on any atom is -0.449 e. The Morgan fingerprint density at radius 2 is 1.86 bits per heavy atom. The van der Waals surface area contributed by atoms with Crippen molar-refractivity contribution in [2.75, 3.05) is 13.1 Å². The molecule has 1 aromatic carbocycles. The van der Waals surface area contributed by atoms with E-state index < -0.39 is 24.0 Å². The van der Waals surface area contributed by atoms with Gasteiger partial charge in [0.25, 0.3) is 5.91 Å². The van der Waals surface area contributed by atoms with Crippen LogP contribution in [-0.2, 0) is 9.53 Å². The molecule has 1 fully saturated rings. The molecule has 1 saturated heterocycles. The molecule has 0 radical (unpaired) electrons. The maximum absolute atomic E-state index is 12.1. The molecule has 1 atom stereocenters. The van der Waals surface area contributed by atoms with E-state index in [1.54, 1.807) is 12.1 Å². The largest absolute Gasteiger partial charge is 0.449 e. The van der Waals surface area contributed by atoms with Gasteiger partial charge in [-0.1, -0.05) is 17.2 Å². The number of carbonyl (C=O) groups excluding carboxylic acids is 3. The molecule has 2 rings (SSSR count). The molecule has 0 bridgehead atoms. The normalized spacial score (nSPS) is 15.6. The third kappa shape index (κ3) is 3.39. The number of aryl methyl sites for hydroxylation is 2. The molecule has 6 heteroatoms. The molecule has 0 aromatic heterocycles. The van der Waals surface area contributed by atoms with Crippen molar-refractivity contribution in [2.45, 2.75) is 26.9 Å². The topological polar surface area (TPSA) is 75.7 Å². The smallest absolute Gasteiger partial charge is 0.338 e. The molecule has 0 aliphatic carbocycles. The molecule has 1 aromatic rings.